The molecule has 30 heavy (non-hydrogen) atoms. The van der Waals surface area contributed by atoms with Crippen LogP contribution in [-0.2, 0) is 13.1 Å². The van der Waals surface area contributed by atoms with Gasteiger partial charge in [-0.3, -0.25) is 4.68 Å². The van der Waals surface area contributed by atoms with Crippen LogP contribution in [0.3, 0.4) is 0 Å². The molecule has 8 heteroatoms. The van der Waals surface area contributed by atoms with Gasteiger partial charge in [0.15, 0.2) is 5.13 Å². The number of hydrogen-bond acceptors (Lipinski definition) is 7. The first-order valence-corrected chi connectivity index (χ1v) is 11.3. The minimum atomic E-state index is 0.618. The Morgan fingerprint density at radius 1 is 1.10 bits per heavy atom. The molecule has 0 bridgehead atoms. The highest BCUT2D eigenvalue weighted by Crippen LogP contribution is 2.34. The summed E-state index contributed by atoms with van der Waals surface area (Å²) < 4.78 is 13.0. The van der Waals surface area contributed by atoms with E-state index in [1.807, 2.05) is 42.9 Å². The lowest BCUT2D eigenvalue weighted by atomic mass is 10.1. The molecule has 4 aromatic rings. The predicted molar refractivity (Wildman–Crippen MR) is 123 cm³/mol. The van der Waals surface area contributed by atoms with Gasteiger partial charge in [-0.15, -0.1) is 0 Å². The summed E-state index contributed by atoms with van der Waals surface area (Å²) in [5, 5.41) is 13.3. The summed E-state index contributed by atoms with van der Waals surface area (Å²) in [6.45, 7) is 5.42. The smallest absolute Gasteiger partial charge is 0.183 e. The normalized spacial score (nSPS) is 10.9. The molecule has 0 saturated carbocycles. The van der Waals surface area contributed by atoms with Gasteiger partial charge in [0.25, 0.3) is 0 Å². The average Bonchev–Trinajstić information content (AvgIpc) is 3.48. The summed E-state index contributed by atoms with van der Waals surface area (Å²) in [6.07, 6.45) is 2.02. The zero-order valence-electron chi connectivity index (χ0n) is 17.4. The zero-order chi connectivity index (χ0) is 21.1. The van der Waals surface area contributed by atoms with Crippen molar-refractivity contribution in [2.45, 2.75) is 26.9 Å². The summed E-state index contributed by atoms with van der Waals surface area (Å²) in [4.78, 5) is 5.78. The first-order valence-electron chi connectivity index (χ1n) is 9.55. The topological polar surface area (TPSA) is 61.2 Å². The lowest BCUT2D eigenvalue weighted by Crippen LogP contribution is -2.03. The summed E-state index contributed by atoms with van der Waals surface area (Å²) >= 11 is 3.32. The van der Waals surface area contributed by atoms with E-state index >= 15 is 0 Å². The SMILES string of the molecule is COc1ccc(CNc2nc(C)c(-c3ccn(Cc4ccsc4)n3)s2)c(OC)c1C. The van der Waals surface area contributed by atoms with Gasteiger partial charge in [-0.25, -0.2) is 4.98 Å². The maximum absolute atomic E-state index is 5.60. The third-order valence-electron chi connectivity index (χ3n) is 4.89. The molecule has 0 radical (unpaired) electrons. The number of benzene rings is 1. The number of ether oxygens (including phenoxy) is 2. The lowest BCUT2D eigenvalue weighted by molar-refractivity contribution is 0.386. The number of thiazole rings is 1. The van der Waals surface area contributed by atoms with Crippen molar-refractivity contribution in [1.82, 2.24) is 14.8 Å². The van der Waals surface area contributed by atoms with E-state index in [1.54, 1.807) is 36.9 Å². The lowest BCUT2D eigenvalue weighted by Gasteiger charge is -2.14. The number of aromatic nitrogens is 3. The Kier molecular flexibility index (Phi) is 6.06. The van der Waals surface area contributed by atoms with Gasteiger partial charge in [0.05, 0.1) is 31.3 Å². The molecular formula is C22H24N4O2S2. The third kappa shape index (κ3) is 4.20. The zero-order valence-corrected chi connectivity index (χ0v) is 19.1. The fraction of sp³-hybridized carbons (Fsp3) is 0.273. The Hall–Kier alpha value is -2.84. The second-order valence-electron chi connectivity index (χ2n) is 6.90. The number of methoxy groups -OCH3 is 2. The van der Waals surface area contributed by atoms with Gasteiger partial charge in [0.1, 0.15) is 17.2 Å². The van der Waals surface area contributed by atoms with Gasteiger partial charge < -0.3 is 14.8 Å². The molecule has 0 aliphatic carbocycles. The van der Waals surface area contributed by atoms with Crippen LogP contribution in [0.2, 0.25) is 0 Å². The van der Waals surface area contributed by atoms with Gasteiger partial charge in [0, 0.05) is 23.9 Å². The Morgan fingerprint density at radius 3 is 2.70 bits per heavy atom. The van der Waals surface area contributed by atoms with Gasteiger partial charge >= 0.3 is 0 Å². The molecule has 0 unspecified atom stereocenters. The van der Waals surface area contributed by atoms with E-state index in [-0.39, 0.29) is 0 Å². The van der Waals surface area contributed by atoms with E-state index in [0.29, 0.717) is 6.54 Å². The number of aryl methyl sites for hydroxylation is 1. The summed E-state index contributed by atoms with van der Waals surface area (Å²) in [5.41, 5.74) is 5.24. The standard InChI is InChI=1S/C22H24N4O2S2/c1-14-19(27-3)6-5-17(20(14)28-4)11-23-22-24-15(2)21(30-22)18-7-9-26(25-18)12-16-8-10-29-13-16/h5-10,13H,11-12H2,1-4H3,(H,23,24). The molecule has 0 aliphatic rings. The predicted octanol–water partition coefficient (Wildman–Crippen LogP) is 5.36. The van der Waals surface area contributed by atoms with E-state index in [1.165, 1.54) is 5.56 Å². The molecule has 156 valence electrons. The van der Waals surface area contributed by atoms with E-state index in [4.69, 9.17) is 19.6 Å². The quantitative estimate of drug-likeness (QED) is 0.399. The van der Waals surface area contributed by atoms with E-state index in [2.05, 4.69) is 22.1 Å². The van der Waals surface area contributed by atoms with Crippen LogP contribution in [0.1, 0.15) is 22.4 Å². The highest BCUT2D eigenvalue weighted by atomic mass is 32.1. The van der Waals surface area contributed by atoms with Gasteiger partial charge in [-0.2, -0.15) is 16.4 Å². The van der Waals surface area contributed by atoms with Crippen LogP contribution in [0.25, 0.3) is 10.6 Å². The molecular weight excluding hydrogens is 416 g/mol. The first kappa shape index (κ1) is 20.4. The van der Waals surface area contributed by atoms with Crippen LogP contribution >= 0.6 is 22.7 Å². The van der Waals surface area contributed by atoms with Crippen LogP contribution in [-0.4, -0.2) is 29.0 Å². The van der Waals surface area contributed by atoms with E-state index in [9.17, 15) is 0 Å². The first-order chi connectivity index (χ1) is 14.6. The van der Waals surface area contributed by atoms with Crippen molar-refractivity contribution >= 4 is 27.8 Å². The Labute approximate surface area is 184 Å². The van der Waals surface area contributed by atoms with Crippen LogP contribution in [0.15, 0.2) is 41.2 Å². The molecule has 0 saturated heterocycles. The Bertz CT molecular complexity index is 1130. The maximum Gasteiger partial charge on any atom is 0.183 e. The largest absolute Gasteiger partial charge is 0.496 e. The van der Waals surface area contributed by atoms with Crippen molar-refractivity contribution in [3.05, 3.63) is 63.6 Å². The number of hydrogen-bond donors (Lipinski definition) is 1. The fourth-order valence-electron chi connectivity index (χ4n) is 3.40. The molecule has 1 N–H and O–H groups in total. The second kappa shape index (κ2) is 8.89. The minimum absolute atomic E-state index is 0.618. The molecule has 1 aromatic carbocycles. The number of anilines is 1. The molecule has 3 aromatic heterocycles. The van der Waals surface area contributed by atoms with Crippen LogP contribution < -0.4 is 14.8 Å². The van der Waals surface area contributed by atoms with Gasteiger partial charge in [-0.05, 0) is 54.4 Å². The number of nitrogens with zero attached hydrogens (tertiary/aromatic N) is 3. The van der Waals surface area contributed by atoms with Gasteiger partial charge in [0.2, 0.25) is 0 Å². The van der Waals surface area contributed by atoms with Crippen molar-refractivity contribution < 1.29 is 9.47 Å². The Balaban J connectivity index is 1.49. The molecule has 3 heterocycles. The van der Waals surface area contributed by atoms with E-state index < -0.39 is 0 Å². The highest BCUT2D eigenvalue weighted by molar-refractivity contribution is 7.19. The maximum atomic E-state index is 5.60. The van der Waals surface area contributed by atoms with Crippen molar-refractivity contribution in [2.75, 3.05) is 19.5 Å². The molecule has 0 atom stereocenters. The monoisotopic (exact) mass is 440 g/mol. The van der Waals surface area contributed by atoms with Crippen LogP contribution in [0.4, 0.5) is 5.13 Å². The second-order valence-corrected chi connectivity index (χ2v) is 8.68. The third-order valence-corrected chi connectivity index (χ3v) is 6.76. The number of rotatable bonds is 8. The fourth-order valence-corrected chi connectivity index (χ4v) is 4.98. The summed E-state index contributed by atoms with van der Waals surface area (Å²) in [7, 11) is 3.35. The average molecular weight is 441 g/mol. The van der Waals surface area contributed by atoms with Crippen molar-refractivity contribution in [3.8, 4) is 22.1 Å². The number of nitrogens with one attached hydrogen (secondary N) is 1. The van der Waals surface area contributed by atoms with E-state index in [0.717, 1.165) is 50.6 Å². The van der Waals surface area contributed by atoms with Crippen molar-refractivity contribution in [3.63, 3.8) is 0 Å². The van der Waals surface area contributed by atoms with Crippen LogP contribution in [0.5, 0.6) is 11.5 Å². The van der Waals surface area contributed by atoms with Crippen LogP contribution in [0, 0.1) is 13.8 Å². The molecule has 0 fully saturated rings. The summed E-state index contributed by atoms with van der Waals surface area (Å²) in [6, 6.07) is 8.16. The molecule has 4 rings (SSSR count). The Morgan fingerprint density at radius 2 is 1.97 bits per heavy atom. The minimum Gasteiger partial charge on any atom is -0.496 e. The van der Waals surface area contributed by atoms with Crippen molar-refractivity contribution in [2.24, 2.45) is 0 Å². The molecule has 0 aliphatic heterocycles. The van der Waals surface area contributed by atoms with Crippen molar-refractivity contribution in [1.29, 1.82) is 0 Å². The summed E-state index contributed by atoms with van der Waals surface area (Å²) in [5.74, 6) is 1.66. The molecule has 0 spiro atoms. The molecule has 0 amide bonds. The highest BCUT2D eigenvalue weighted by Gasteiger charge is 2.15. The number of thiophene rings is 1. The molecule has 6 nitrogen and oxygen atoms in total. The van der Waals surface area contributed by atoms with Gasteiger partial charge in [-0.1, -0.05) is 11.3 Å².